The van der Waals surface area contributed by atoms with Crippen molar-refractivity contribution in [1.29, 1.82) is 0 Å². The average Bonchev–Trinajstić information content (AvgIpc) is 3.14. The van der Waals surface area contributed by atoms with Crippen molar-refractivity contribution in [2.45, 2.75) is 19.4 Å². The molecule has 27 heavy (non-hydrogen) atoms. The number of aryl methyl sites for hydroxylation is 1. The molecule has 1 unspecified atom stereocenters. The summed E-state index contributed by atoms with van der Waals surface area (Å²) in [6, 6.07) is 10.3. The van der Waals surface area contributed by atoms with E-state index in [2.05, 4.69) is 15.6 Å². The maximum absolute atomic E-state index is 14.5. The van der Waals surface area contributed by atoms with E-state index < -0.39 is 0 Å². The standard InChI is InChI=1S/C21H21FN4O/c1-12-3-2-4-18(22)20(12)13-7-14-10-25-19(23)9-16(14)17(8-13)21(27)26-15-5-6-24-11-15/h2-4,7-10,15,24H,5-6,11H2,1H3,(H2,23,25)(H,26,27). The van der Waals surface area contributed by atoms with Gasteiger partial charge >= 0.3 is 0 Å². The quantitative estimate of drug-likeness (QED) is 0.667. The van der Waals surface area contributed by atoms with E-state index in [1.807, 2.05) is 19.1 Å². The van der Waals surface area contributed by atoms with Gasteiger partial charge in [-0.3, -0.25) is 4.79 Å². The van der Waals surface area contributed by atoms with Gasteiger partial charge in [0.05, 0.1) is 0 Å². The number of halogens is 1. The summed E-state index contributed by atoms with van der Waals surface area (Å²) in [5.74, 6) is -0.159. The molecule has 4 rings (SSSR count). The third-order valence-corrected chi connectivity index (χ3v) is 5.01. The summed E-state index contributed by atoms with van der Waals surface area (Å²) in [6.45, 7) is 3.49. The lowest BCUT2D eigenvalue weighted by molar-refractivity contribution is 0.0942. The van der Waals surface area contributed by atoms with Gasteiger partial charge in [-0.1, -0.05) is 12.1 Å². The molecule has 4 N–H and O–H groups in total. The Morgan fingerprint density at radius 3 is 2.93 bits per heavy atom. The van der Waals surface area contributed by atoms with Crippen molar-refractivity contribution in [3.63, 3.8) is 0 Å². The van der Waals surface area contributed by atoms with Crippen LogP contribution in [0.5, 0.6) is 0 Å². The Hall–Kier alpha value is -2.99. The first-order chi connectivity index (χ1) is 13.0. The molecule has 1 atom stereocenters. The first kappa shape index (κ1) is 17.4. The minimum Gasteiger partial charge on any atom is -0.384 e. The summed E-state index contributed by atoms with van der Waals surface area (Å²) in [4.78, 5) is 17.1. The van der Waals surface area contributed by atoms with Crippen LogP contribution in [0.4, 0.5) is 10.2 Å². The summed E-state index contributed by atoms with van der Waals surface area (Å²) in [6.07, 6.45) is 2.51. The van der Waals surface area contributed by atoms with E-state index in [1.54, 1.807) is 24.4 Å². The lowest BCUT2D eigenvalue weighted by Gasteiger charge is -2.15. The van der Waals surface area contributed by atoms with Crippen molar-refractivity contribution in [2.75, 3.05) is 18.8 Å². The van der Waals surface area contributed by atoms with Crippen LogP contribution in [0.2, 0.25) is 0 Å². The Labute approximate surface area is 156 Å². The van der Waals surface area contributed by atoms with Crippen LogP contribution in [0.15, 0.2) is 42.6 Å². The van der Waals surface area contributed by atoms with Crippen molar-refractivity contribution in [3.05, 3.63) is 59.5 Å². The molecule has 2 heterocycles. The number of pyridine rings is 1. The molecule has 5 nitrogen and oxygen atoms in total. The van der Waals surface area contributed by atoms with Gasteiger partial charge in [-0.05, 0) is 60.7 Å². The fourth-order valence-electron chi connectivity index (χ4n) is 3.64. The molecule has 1 aliphatic rings. The number of hydrogen-bond acceptors (Lipinski definition) is 4. The minimum absolute atomic E-state index is 0.0885. The van der Waals surface area contributed by atoms with E-state index in [4.69, 9.17) is 5.73 Å². The highest BCUT2D eigenvalue weighted by molar-refractivity contribution is 6.09. The van der Waals surface area contributed by atoms with Gasteiger partial charge in [-0.25, -0.2) is 9.37 Å². The zero-order valence-corrected chi connectivity index (χ0v) is 15.1. The van der Waals surface area contributed by atoms with Gasteiger partial charge in [0.25, 0.3) is 5.91 Å². The number of amides is 1. The van der Waals surface area contributed by atoms with E-state index in [-0.39, 0.29) is 17.8 Å². The Bertz CT molecular complexity index is 1010. The topological polar surface area (TPSA) is 80.0 Å². The maximum Gasteiger partial charge on any atom is 0.252 e. The summed E-state index contributed by atoms with van der Waals surface area (Å²) in [7, 11) is 0. The van der Waals surface area contributed by atoms with Crippen LogP contribution in [0.3, 0.4) is 0 Å². The number of nitrogen functional groups attached to an aromatic ring is 1. The van der Waals surface area contributed by atoms with Crippen LogP contribution in [0.1, 0.15) is 22.3 Å². The van der Waals surface area contributed by atoms with Crippen molar-refractivity contribution in [2.24, 2.45) is 0 Å². The predicted molar refractivity (Wildman–Crippen MR) is 105 cm³/mol. The van der Waals surface area contributed by atoms with Crippen LogP contribution in [-0.2, 0) is 0 Å². The Morgan fingerprint density at radius 2 is 2.19 bits per heavy atom. The van der Waals surface area contributed by atoms with Crippen LogP contribution in [0, 0.1) is 12.7 Å². The van der Waals surface area contributed by atoms with Crippen molar-refractivity contribution in [3.8, 4) is 11.1 Å². The number of nitrogens with zero attached hydrogens (tertiary/aromatic N) is 1. The monoisotopic (exact) mass is 364 g/mol. The highest BCUT2D eigenvalue weighted by Crippen LogP contribution is 2.32. The van der Waals surface area contributed by atoms with Crippen molar-refractivity contribution >= 4 is 22.5 Å². The molecule has 0 aliphatic carbocycles. The largest absolute Gasteiger partial charge is 0.384 e. The second-order valence-electron chi connectivity index (χ2n) is 6.95. The van der Waals surface area contributed by atoms with E-state index in [0.717, 1.165) is 30.5 Å². The zero-order chi connectivity index (χ0) is 19.0. The van der Waals surface area contributed by atoms with Gasteiger partial charge < -0.3 is 16.4 Å². The zero-order valence-electron chi connectivity index (χ0n) is 15.1. The third-order valence-electron chi connectivity index (χ3n) is 5.01. The molecule has 1 amide bonds. The minimum atomic E-state index is -0.316. The first-order valence-electron chi connectivity index (χ1n) is 8.99. The van der Waals surface area contributed by atoms with E-state index >= 15 is 0 Å². The van der Waals surface area contributed by atoms with Crippen LogP contribution in [0.25, 0.3) is 21.9 Å². The second kappa shape index (κ2) is 6.96. The molecule has 0 spiro atoms. The Balaban J connectivity index is 1.87. The van der Waals surface area contributed by atoms with E-state index in [1.165, 1.54) is 6.07 Å². The third kappa shape index (κ3) is 3.36. The smallest absolute Gasteiger partial charge is 0.252 e. The molecule has 1 aromatic heterocycles. The number of benzene rings is 2. The van der Waals surface area contributed by atoms with Crippen LogP contribution < -0.4 is 16.4 Å². The number of rotatable bonds is 3. The second-order valence-corrected chi connectivity index (χ2v) is 6.95. The highest BCUT2D eigenvalue weighted by Gasteiger charge is 2.21. The van der Waals surface area contributed by atoms with Gasteiger partial charge in [-0.15, -0.1) is 0 Å². The van der Waals surface area contributed by atoms with Gasteiger partial charge in [0.1, 0.15) is 11.6 Å². The molecule has 0 saturated carbocycles. The first-order valence-corrected chi connectivity index (χ1v) is 8.99. The summed E-state index contributed by atoms with van der Waals surface area (Å²) >= 11 is 0. The normalized spacial score (nSPS) is 16.6. The lowest BCUT2D eigenvalue weighted by atomic mass is 9.94. The van der Waals surface area contributed by atoms with Gasteiger partial charge in [0.2, 0.25) is 0 Å². The molecule has 1 saturated heterocycles. The number of nitrogens with one attached hydrogen (secondary N) is 2. The van der Waals surface area contributed by atoms with E-state index in [0.29, 0.717) is 27.9 Å². The number of carbonyl (C=O) groups is 1. The van der Waals surface area contributed by atoms with E-state index in [9.17, 15) is 9.18 Å². The fourth-order valence-corrected chi connectivity index (χ4v) is 3.64. The fraction of sp³-hybridized carbons (Fsp3) is 0.238. The number of nitrogens with two attached hydrogens (primary N) is 1. The molecule has 3 aromatic rings. The molecular formula is C21H21FN4O. The number of fused-ring (bicyclic) bond motifs is 1. The van der Waals surface area contributed by atoms with Crippen molar-refractivity contribution < 1.29 is 9.18 Å². The van der Waals surface area contributed by atoms with Gasteiger partial charge in [0, 0.05) is 35.3 Å². The Morgan fingerprint density at radius 1 is 1.33 bits per heavy atom. The summed E-state index contributed by atoms with van der Waals surface area (Å²) in [5, 5.41) is 7.75. The number of anilines is 1. The molecular weight excluding hydrogens is 343 g/mol. The van der Waals surface area contributed by atoms with Crippen molar-refractivity contribution in [1.82, 2.24) is 15.6 Å². The number of carbonyl (C=O) groups excluding carboxylic acids is 1. The van der Waals surface area contributed by atoms with Crippen LogP contribution >= 0.6 is 0 Å². The Kier molecular flexibility index (Phi) is 4.49. The average molecular weight is 364 g/mol. The predicted octanol–water partition coefficient (Wildman–Crippen LogP) is 3.02. The molecule has 2 aromatic carbocycles. The molecule has 6 heteroatoms. The maximum atomic E-state index is 14.5. The SMILES string of the molecule is Cc1cccc(F)c1-c1cc(C(=O)NC2CCNC2)c2cc(N)ncc2c1. The highest BCUT2D eigenvalue weighted by atomic mass is 19.1. The molecule has 0 bridgehead atoms. The molecule has 0 radical (unpaired) electrons. The molecule has 1 aliphatic heterocycles. The van der Waals surface area contributed by atoms with Crippen LogP contribution in [-0.4, -0.2) is 30.0 Å². The lowest BCUT2D eigenvalue weighted by Crippen LogP contribution is -2.36. The molecule has 138 valence electrons. The summed E-state index contributed by atoms with van der Waals surface area (Å²) < 4.78 is 14.5. The molecule has 1 fully saturated rings. The summed E-state index contributed by atoms with van der Waals surface area (Å²) in [5.41, 5.74) is 8.27. The number of aromatic nitrogens is 1. The van der Waals surface area contributed by atoms with Gasteiger partial charge in [-0.2, -0.15) is 0 Å². The number of hydrogen-bond donors (Lipinski definition) is 3. The van der Waals surface area contributed by atoms with Gasteiger partial charge in [0.15, 0.2) is 0 Å².